The molecule has 1 atom stereocenters. The lowest BCUT2D eigenvalue weighted by atomic mass is 9.75. The summed E-state index contributed by atoms with van der Waals surface area (Å²) in [6, 6.07) is 7.84. The Bertz CT molecular complexity index is 422. The summed E-state index contributed by atoms with van der Waals surface area (Å²) < 4.78 is 5.41. The van der Waals surface area contributed by atoms with Gasteiger partial charge in [-0.1, -0.05) is 37.5 Å². The SMILES string of the molecule is COc1ccccc1C(CC(=O)O)C1CCCCC1. The van der Waals surface area contributed by atoms with Gasteiger partial charge < -0.3 is 9.84 Å². The van der Waals surface area contributed by atoms with Crippen molar-refractivity contribution in [2.24, 2.45) is 5.92 Å². The van der Waals surface area contributed by atoms with Gasteiger partial charge in [0.25, 0.3) is 0 Å². The number of carbonyl (C=O) groups is 1. The largest absolute Gasteiger partial charge is 0.496 e. The maximum Gasteiger partial charge on any atom is 0.303 e. The van der Waals surface area contributed by atoms with Crippen molar-refractivity contribution in [1.29, 1.82) is 0 Å². The maximum atomic E-state index is 11.2. The quantitative estimate of drug-likeness (QED) is 0.877. The average molecular weight is 262 g/mol. The first kappa shape index (κ1) is 13.9. The fourth-order valence-electron chi connectivity index (χ4n) is 3.23. The topological polar surface area (TPSA) is 46.5 Å². The van der Waals surface area contributed by atoms with E-state index in [4.69, 9.17) is 4.74 Å². The lowest BCUT2D eigenvalue weighted by Gasteiger charge is -2.30. The molecule has 1 aliphatic rings. The van der Waals surface area contributed by atoms with Gasteiger partial charge in [0, 0.05) is 5.92 Å². The highest BCUT2D eigenvalue weighted by atomic mass is 16.5. The minimum Gasteiger partial charge on any atom is -0.496 e. The Hall–Kier alpha value is -1.51. The minimum atomic E-state index is -0.721. The molecule has 104 valence electrons. The molecule has 19 heavy (non-hydrogen) atoms. The van der Waals surface area contributed by atoms with Gasteiger partial charge in [0.2, 0.25) is 0 Å². The number of hydrogen-bond acceptors (Lipinski definition) is 2. The molecule has 1 aromatic carbocycles. The highest BCUT2D eigenvalue weighted by molar-refractivity contribution is 5.68. The van der Waals surface area contributed by atoms with Crippen molar-refractivity contribution in [2.75, 3.05) is 7.11 Å². The van der Waals surface area contributed by atoms with E-state index in [9.17, 15) is 9.90 Å². The Kier molecular flexibility index (Phi) is 4.83. The van der Waals surface area contributed by atoms with Crippen LogP contribution in [-0.2, 0) is 4.79 Å². The third-order valence-corrected chi connectivity index (χ3v) is 4.15. The minimum absolute atomic E-state index is 0.0777. The van der Waals surface area contributed by atoms with Crippen molar-refractivity contribution in [1.82, 2.24) is 0 Å². The summed E-state index contributed by atoms with van der Waals surface area (Å²) in [5.41, 5.74) is 1.05. The maximum absolute atomic E-state index is 11.2. The predicted octanol–water partition coefficient (Wildman–Crippen LogP) is 3.83. The van der Waals surface area contributed by atoms with E-state index < -0.39 is 5.97 Å². The lowest BCUT2D eigenvalue weighted by Crippen LogP contribution is -2.20. The number of aliphatic carboxylic acids is 1. The van der Waals surface area contributed by atoms with E-state index in [1.54, 1.807) is 7.11 Å². The van der Waals surface area contributed by atoms with Gasteiger partial charge in [-0.3, -0.25) is 4.79 Å². The van der Waals surface area contributed by atoms with Gasteiger partial charge in [-0.25, -0.2) is 0 Å². The number of ether oxygens (including phenoxy) is 1. The van der Waals surface area contributed by atoms with Crippen molar-refractivity contribution < 1.29 is 14.6 Å². The first-order chi connectivity index (χ1) is 9.22. The third kappa shape index (κ3) is 3.49. The molecule has 0 spiro atoms. The molecule has 3 heteroatoms. The second-order valence-corrected chi connectivity index (χ2v) is 5.34. The summed E-state index contributed by atoms with van der Waals surface area (Å²) in [6.07, 6.45) is 6.19. The van der Waals surface area contributed by atoms with Crippen LogP contribution in [0.15, 0.2) is 24.3 Å². The van der Waals surface area contributed by atoms with Crippen LogP contribution in [-0.4, -0.2) is 18.2 Å². The average Bonchev–Trinajstić information content (AvgIpc) is 2.45. The molecule has 1 fully saturated rings. The fourth-order valence-corrected chi connectivity index (χ4v) is 3.23. The third-order valence-electron chi connectivity index (χ3n) is 4.15. The molecule has 1 N–H and O–H groups in total. The van der Waals surface area contributed by atoms with Gasteiger partial charge in [0.15, 0.2) is 0 Å². The summed E-state index contributed by atoms with van der Waals surface area (Å²) in [7, 11) is 1.65. The zero-order valence-corrected chi connectivity index (χ0v) is 11.5. The van der Waals surface area contributed by atoms with Crippen LogP contribution in [0.5, 0.6) is 5.75 Å². The van der Waals surface area contributed by atoms with Gasteiger partial charge in [0.1, 0.15) is 5.75 Å². The van der Waals surface area contributed by atoms with Gasteiger partial charge in [-0.2, -0.15) is 0 Å². The molecule has 0 radical (unpaired) electrons. The Morgan fingerprint density at radius 3 is 2.63 bits per heavy atom. The Morgan fingerprint density at radius 1 is 1.32 bits per heavy atom. The van der Waals surface area contributed by atoms with Crippen LogP contribution in [0, 0.1) is 5.92 Å². The van der Waals surface area contributed by atoms with E-state index in [0.717, 1.165) is 24.2 Å². The number of methoxy groups -OCH3 is 1. The molecule has 0 aromatic heterocycles. The number of rotatable bonds is 5. The summed E-state index contributed by atoms with van der Waals surface area (Å²) in [6.45, 7) is 0. The van der Waals surface area contributed by atoms with E-state index in [1.807, 2.05) is 24.3 Å². The molecule has 0 aliphatic heterocycles. The number of hydrogen-bond donors (Lipinski definition) is 1. The monoisotopic (exact) mass is 262 g/mol. The number of carboxylic acid groups (broad SMARTS) is 1. The molecule has 2 rings (SSSR count). The molecule has 0 heterocycles. The molecule has 1 aliphatic carbocycles. The van der Waals surface area contributed by atoms with Gasteiger partial charge in [-0.15, -0.1) is 0 Å². The molecular weight excluding hydrogens is 240 g/mol. The zero-order valence-electron chi connectivity index (χ0n) is 11.5. The van der Waals surface area contributed by atoms with Crippen LogP contribution >= 0.6 is 0 Å². The molecule has 1 aromatic rings. The van der Waals surface area contributed by atoms with Crippen LogP contribution in [0.4, 0.5) is 0 Å². The van der Waals surface area contributed by atoms with Crippen LogP contribution < -0.4 is 4.74 Å². The summed E-state index contributed by atoms with van der Waals surface area (Å²) in [5, 5.41) is 9.20. The smallest absolute Gasteiger partial charge is 0.303 e. The van der Waals surface area contributed by atoms with Gasteiger partial charge >= 0.3 is 5.97 Å². The van der Waals surface area contributed by atoms with Crippen molar-refractivity contribution >= 4 is 5.97 Å². The second-order valence-electron chi connectivity index (χ2n) is 5.34. The highest BCUT2D eigenvalue weighted by Gasteiger charge is 2.28. The number of carboxylic acids is 1. The van der Waals surface area contributed by atoms with Crippen molar-refractivity contribution in [2.45, 2.75) is 44.4 Å². The Labute approximate surface area is 114 Å². The number of para-hydroxylation sites is 1. The van der Waals surface area contributed by atoms with Crippen LogP contribution in [0.25, 0.3) is 0 Å². The van der Waals surface area contributed by atoms with E-state index in [2.05, 4.69) is 0 Å². The van der Waals surface area contributed by atoms with Crippen molar-refractivity contribution in [3.63, 3.8) is 0 Å². The molecule has 0 amide bonds. The van der Waals surface area contributed by atoms with E-state index in [-0.39, 0.29) is 12.3 Å². The van der Waals surface area contributed by atoms with Crippen LogP contribution in [0.1, 0.15) is 50.0 Å². The molecule has 1 saturated carbocycles. The van der Waals surface area contributed by atoms with Crippen LogP contribution in [0.3, 0.4) is 0 Å². The zero-order chi connectivity index (χ0) is 13.7. The normalized spacial score (nSPS) is 17.9. The standard InChI is InChI=1S/C16H22O3/c1-19-15-10-6-5-9-13(15)14(11-16(17)18)12-7-3-2-4-8-12/h5-6,9-10,12,14H,2-4,7-8,11H2,1H3,(H,17,18). The van der Waals surface area contributed by atoms with Gasteiger partial charge in [-0.05, 0) is 30.4 Å². The Morgan fingerprint density at radius 2 is 2.00 bits per heavy atom. The summed E-state index contributed by atoms with van der Waals surface area (Å²) in [5.74, 6) is 0.649. The van der Waals surface area contributed by atoms with Crippen LogP contribution in [0.2, 0.25) is 0 Å². The highest BCUT2D eigenvalue weighted by Crippen LogP contribution is 2.41. The molecule has 1 unspecified atom stereocenters. The molecule has 3 nitrogen and oxygen atoms in total. The first-order valence-corrected chi connectivity index (χ1v) is 7.07. The second kappa shape index (κ2) is 6.60. The first-order valence-electron chi connectivity index (χ1n) is 7.07. The van der Waals surface area contributed by atoms with E-state index in [0.29, 0.717) is 5.92 Å². The molecular formula is C16H22O3. The predicted molar refractivity (Wildman–Crippen MR) is 74.6 cm³/mol. The van der Waals surface area contributed by atoms with E-state index in [1.165, 1.54) is 19.3 Å². The van der Waals surface area contributed by atoms with Crippen molar-refractivity contribution in [3.05, 3.63) is 29.8 Å². The molecule has 0 bridgehead atoms. The lowest BCUT2D eigenvalue weighted by molar-refractivity contribution is -0.137. The fraction of sp³-hybridized carbons (Fsp3) is 0.562. The number of benzene rings is 1. The summed E-state index contributed by atoms with van der Waals surface area (Å²) >= 11 is 0. The van der Waals surface area contributed by atoms with Crippen molar-refractivity contribution in [3.8, 4) is 5.75 Å². The van der Waals surface area contributed by atoms with E-state index >= 15 is 0 Å². The van der Waals surface area contributed by atoms with Gasteiger partial charge in [0.05, 0.1) is 13.5 Å². The summed E-state index contributed by atoms with van der Waals surface area (Å²) in [4.78, 5) is 11.2. The Balaban J connectivity index is 2.27. The molecule has 0 saturated heterocycles.